The molecule has 60 valence electrons. The minimum Gasteiger partial charge on any atom is -0.365 e. The number of rotatable bonds is 2. The first kappa shape index (κ1) is 11.9. The number of carbonyl (C=O) groups excluding carboxylic acids is 1. The average Bonchev–Trinajstić information content (AvgIpc) is 1.62. The maximum Gasteiger partial charge on any atom is 0.299 e. The maximum atomic E-state index is 9.93. The fraction of sp³-hybridized carbons (Fsp3) is 0.250. The Morgan fingerprint density at radius 1 is 1.50 bits per heavy atom. The molecular weight excluding hydrogens is 158 g/mol. The van der Waals surface area contributed by atoms with Gasteiger partial charge in [-0.25, -0.2) is 0 Å². The number of hydrogen-bond acceptors (Lipinski definition) is 3. The van der Waals surface area contributed by atoms with Crippen LogP contribution in [0.25, 0.3) is 0 Å². The molecule has 0 fully saturated rings. The summed E-state index contributed by atoms with van der Waals surface area (Å²) >= 11 is 0. The SMILES string of the molecule is C.C=C(C(N)=O)S(=O)(=O)O. The zero-order chi connectivity index (χ0) is 7.65. The van der Waals surface area contributed by atoms with Crippen LogP contribution in [0.3, 0.4) is 0 Å². The summed E-state index contributed by atoms with van der Waals surface area (Å²) in [5.41, 5.74) is 4.44. The van der Waals surface area contributed by atoms with Gasteiger partial charge in [0.25, 0.3) is 16.0 Å². The van der Waals surface area contributed by atoms with E-state index in [1.54, 1.807) is 0 Å². The molecule has 0 aromatic rings. The minimum atomic E-state index is -4.47. The Morgan fingerprint density at radius 2 is 1.80 bits per heavy atom. The number of amides is 1. The van der Waals surface area contributed by atoms with Gasteiger partial charge in [-0.3, -0.25) is 9.35 Å². The first-order chi connectivity index (χ1) is 3.85. The Hall–Kier alpha value is -0.880. The summed E-state index contributed by atoms with van der Waals surface area (Å²) < 4.78 is 27.9. The fourth-order valence-electron chi connectivity index (χ4n) is 0.127. The standard InChI is InChI=1S/C3H5NO4S.CH4/c1-2(3(4)5)9(6,7)8;/h1H2,(H2,4,5)(H,6,7,8);1H4. The van der Waals surface area contributed by atoms with Crippen molar-refractivity contribution in [2.45, 2.75) is 7.43 Å². The predicted octanol–water partition coefficient (Wildman–Crippen LogP) is -0.491. The van der Waals surface area contributed by atoms with E-state index in [1.165, 1.54) is 0 Å². The van der Waals surface area contributed by atoms with Crippen LogP contribution in [0, 0.1) is 0 Å². The van der Waals surface area contributed by atoms with Crippen LogP contribution in [0.2, 0.25) is 0 Å². The molecule has 0 aliphatic rings. The van der Waals surface area contributed by atoms with Gasteiger partial charge in [0.15, 0.2) is 4.91 Å². The molecule has 1 amide bonds. The lowest BCUT2D eigenvalue weighted by Crippen LogP contribution is -2.19. The van der Waals surface area contributed by atoms with Crippen molar-refractivity contribution in [1.82, 2.24) is 0 Å². The summed E-state index contributed by atoms with van der Waals surface area (Å²) in [5.74, 6) is -1.25. The van der Waals surface area contributed by atoms with Crippen LogP contribution in [0.15, 0.2) is 11.5 Å². The Labute approximate surface area is 59.3 Å². The lowest BCUT2D eigenvalue weighted by atomic mass is 10.6. The second-order valence-electron chi connectivity index (χ2n) is 1.26. The summed E-state index contributed by atoms with van der Waals surface area (Å²) in [6.45, 7) is 2.71. The zero-order valence-corrected chi connectivity index (χ0v) is 5.18. The van der Waals surface area contributed by atoms with Gasteiger partial charge in [0.05, 0.1) is 0 Å². The van der Waals surface area contributed by atoms with Crippen molar-refractivity contribution in [3.8, 4) is 0 Å². The summed E-state index contributed by atoms with van der Waals surface area (Å²) in [6.07, 6.45) is 0. The molecule has 0 aromatic carbocycles. The molecule has 0 spiro atoms. The fourth-order valence-corrected chi connectivity index (χ4v) is 0.381. The lowest BCUT2D eigenvalue weighted by Gasteiger charge is -1.91. The minimum absolute atomic E-state index is 0. The van der Waals surface area contributed by atoms with Crippen LogP contribution in [0.4, 0.5) is 0 Å². The Balaban J connectivity index is 0. The van der Waals surface area contributed by atoms with Gasteiger partial charge in [-0.1, -0.05) is 14.0 Å². The van der Waals surface area contributed by atoms with Crippen LogP contribution in [0.5, 0.6) is 0 Å². The topological polar surface area (TPSA) is 97.5 Å². The van der Waals surface area contributed by atoms with E-state index in [4.69, 9.17) is 4.55 Å². The highest BCUT2D eigenvalue weighted by atomic mass is 32.2. The van der Waals surface area contributed by atoms with Crippen LogP contribution >= 0.6 is 0 Å². The van der Waals surface area contributed by atoms with Crippen molar-refractivity contribution in [2.24, 2.45) is 5.73 Å². The molecule has 3 N–H and O–H groups in total. The molecule has 0 radical (unpaired) electrons. The molecule has 0 rings (SSSR count). The largest absolute Gasteiger partial charge is 0.365 e. The van der Waals surface area contributed by atoms with E-state index in [0.717, 1.165) is 0 Å². The monoisotopic (exact) mass is 167 g/mol. The third kappa shape index (κ3) is 3.21. The van der Waals surface area contributed by atoms with Gasteiger partial charge in [0, 0.05) is 0 Å². The van der Waals surface area contributed by atoms with Crippen LogP contribution in [0.1, 0.15) is 7.43 Å². The van der Waals surface area contributed by atoms with Gasteiger partial charge >= 0.3 is 0 Å². The first-order valence-corrected chi connectivity index (χ1v) is 3.26. The zero-order valence-electron chi connectivity index (χ0n) is 4.36. The van der Waals surface area contributed by atoms with E-state index in [-0.39, 0.29) is 7.43 Å². The van der Waals surface area contributed by atoms with E-state index in [9.17, 15) is 13.2 Å². The number of hydrogen-bond donors (Lipinski definition) is 2. The molecule has 0 atom stereocenters. The number of nitrogens with two attached hydrogens (primary N) is 1. The molecule has 6 heteroatoms. The van der Waals surface area contributed by atoms with E-state index in [0.29, 0.717) is 0 Å². The van der Waals surface area contributed by atoms with Crippen molar-refractivity contribution in [3.63, 3.8) is 0 Å². The first-order valence-electron chi connectivity index (χ1n) is 1.82. The Morgan fingerprint density at radius 3 is 1.80 bits per heavy atom. The van der Waals surface area contributed by atoms with Gasteiger partial charge in [0.2, 0.25) is 0 Å². The van der Waals surface area contributed by atoms with E-state index in [1.807, 2.05) is 0 Å². The van der Waals surface area contributed by atoms with Crippen LogP contribution < -0.4 is 5.73 Å². The van der Waals surface area contributed by atoms with Crippen LogP contribution in [-0.4, -0.2) is 18.9 Å². The molecule has 0 unspecified atom stereocenters. The summed E-state index contributed by atoms with van der Waals surface area (Å²) in [6, 6.07) is 0. The smallest absolute Gasteiger partial charge is 0.299 e. The molecule has 5 nitrogen and oxygen atoms in total. The van der Waals surface area contributed by atoms with E-state index in [2.05, 4.69) is 12.3 Å². The van der Waals surface area contributed by atoms with Gasteiger partial charge in [-0.15, -0.1) is 0 Å². The molecule has 0 saturated heterocycles. The maximum absolute atomic E-state index is 9.93. The Bertz CT molecular complexity index is 240. The highest BCUT2D eigenvalue weighted by molar-refractivity contribution is 7.90. The lowest BCUT2D eigenvalue weighted by molar-refractivity contribution is -0.113. The average molecular weight is 167 g/mol. The van der Waals surface area contributed by atoms with E-state index < -0.39 is 20.9 Å². The van der Waals surface area contributed by atoms with Crippen molar-refractivity contribution in [2.75, 3.05) is 0 Å². The van der Waals surface area contributed by atoms with Gasteiger partial charge in [-0.2, -0.15) is 8.42 Å². The second kappa shape index (κ2) is 3.33. The summed E-state index contributed by atoms with van der Waals surface area (Å²) in [4.78, 5) is 8.93. The van der Waals surface area contributed by atoms with Crippen molar-refractivity contribution in [1.29, 1.82) is 0 Å². The third-order valence-corrected chi connectivity index (χ3v) is 1.41. The summed E-state index contributed by atoms with van der Waals surface area (Å²) in [5, 5.41) is 0. The molecule has 0 aliphatic carbocycles. The molecule has 0 bridgehead atoms. The molecule has 10 heavy (non-hydrogen) atoms. The van der Waals surface area contributed by atoms with Crippen LogP contribution in [-0.2, 0) is 14.9 Å². The molecular formula is C4H9NO4S. The molecule has 0 saturated carbocycles. The second-order valence-corrected chi connectivity index (χ2v) is 2.71. The van der Waals surface area contributed by atoms with Crippen molar-refractivity contribution in [3.05, 3.63) is 11.5 Å². The summed E-state index contributed by atoms with van der Waals surface area (Å²) in [7, 11) is -4.47. The van der Waals surface area contributed by atoms with Crippen molar-refractivity contribution >= 4 is 16.0 Å². The molecule has 0 heterocycles. The quantitative estimate of drug-likeness (QED) is 0.428. The van der Waals surface area contributed by atoms with Crippen molar-refractivity contribution < 1.29 is 17.8 Å². The molecule has 0 aromatic heterocycles. The highest BCUT2D eigenvalue weighted by Gasteiger charge is 2.15. The number of primary amides is 1. The Kier molecular flexibility index (Phi) is 3.95. The predicted molar refractivity (Wildman–Crippen MR) is 36.6 cm³/mol. The van der Waals surface area contributed by atoms with E-state index >= 15 is 0 Å². The van der Waals surface area contributed by atoms with Gasteiger partial charge in [-0.05, 0) is 0 Å². The normalized spacial score (nSPS) is 9.70. The van der Waals surface area contributed by atoms with Gasteiger partial charge < -0.3 is 5.73 Å². The van der Waals surface area contributed by atoms with Gasteiger partial charge in [0.1, 0.15) is 0 Å². The third-order valence-electron chi connectivity index (χ3n) is 0.586. The number of carbonyl (C=O) groups is 1. The molecule has 0 aliphatic heterocycles. The highest BCUT2D eigenvalue weighted by Crippen LogP contribution is 1.96.